The van der Waals surface area contributed by atoms with Gasteiger partial charge in [-0.1, -0.05) is 21.3 Å². The van der Waals surface area contributed by atoms with Crippen LogP contribution in [0.25, 0.3) is 0 Å². The van der Waals surface area contributed by atoms with E-state index in [-0.39, 0.29) is 12.6 Å². The highest BCUT2D eigenvalue weighted by molar-refractivity contribution is 7.65. The van der Waals surface area contributed by atoms with Crippen LogP contribution in [-0.4, -0.2) is 49.9 Å². The molecule has 1 rings (SSSR count). The van der Waals surface area contributed by atoms with Crippen LogP contribution in [0, 0.1) is 29.1 Å². The first-order chi connectivity index (χ1) is 14.0. The van der Waals surface area contributed by atoms with Crippen molar-refractivity contribution in [3.8, 4) is 0 Å². The van der Waals surface area contributed by atoms with Gasteiger partial charge in [-0.05, 0) is 19.0 Å². The van der Waals surface area contributed by atoms with Gasteiger partial charge in [0.05, 0.1) is 12.0 Å². The van der Waals surface area contributed by atoms with Crippen molar-refractivity contribution in [1.29, 1.82) is 0 Å². The normalized spacial score (nSPS) is 18.0. The highest BCUT2D eigenvalue weighted by Gasteiger charge is 2.41. The number of rotatable bonds is 12. The SMILES string of the molecule is CCCP(CC(F)C(F)C(F)C(F)C(F)CCCF)c1c(F)c(F)c(F)c(F)c1F. The summed E-state index contributed by atoms with van der Waals surface area (Å²) in [6.45, 7) is 0.410. The predicted molar refractivity (Wildman–Crippen MR) is 92.5 cm³/mol. The molecule has 0 aliphatic rings. The van der Waals surface area contributed by atoms with Crippen LogP contribution in [-0.2, 0) is 0 Å². The summed E-state index contributed by atoms with van der Waals surface area (Å²) in [5.74, 6) is -11.4. The maximum absolute atomic E-state index is 14.3. The number of hydrogen-bond donors (Lipinski definition) is 0. The molecule has 0 bridgehead atoms. The summed E-state index contributed by atoms with van der Waals surface area (Å²) in [6, 6.07) is 0. The molecule has 12 heteroatoms. The second kappa shape index (κ2) is 12.1. The van der Waals surface area contributed by atoms with Crippen LogP contribution in [0.15, 0.2) is 0 Å². The molecular weight excluding hydrogens is 456 g/mol. The fraction of sp³-hybridized carbons (Fsp3) is 0.667. The molecule has 0 saturated heterocycles. The number of alkyl halides is 6. The second-order valence-electron chi connectivity index (χ2n) is 6.56. The Morgan fingerprint density at radius 3 is 1.63 bits per heavy atom. The standard InChI is InChI=1S/C18H20F11P/c1-2-6-30(18-16(28)14(26)13(25)15(27)17(18)29)7-9(21)11(23)12(24)10(22)8(20)4-3-5-19/h8-12H,2-7H2,1H3. The predicted octanol–water partition coefficient (Wildman–Crippen LogP) is 6.34. The lowest BCUT2D eigenvalue weighted by molar-refractivity contribution is 0.00363. The van der Waals surface area contributed by atoms with E-state index in [1.807, 2.05) is 0 Å². The first-order valence-corrected chi connectivity index (χ1v) is 10.7. The van der Waals surface area contributed by atoms with Gasteiger partial charge in [0.2, 0.25) is 5.82 Å². The topological polar surface area (TPSA) is 0 Å². The molecule has 30 heavy (non-hydrogen) atoms. The molecule has 0 aliphatic carbocycles. The average Bonchev–Trinajstić information content (AvgIpc) is 2.73. The summed E-state index contributed by atoms with van der Waals surface area (Å²) in [6.07, 6.45) is -17.8. The molecule has 0 fully saturated rings. The molecule has 0 nitrogen and oxygen atoms in total. The molecule has 174 valence electrons. The molecule has 0 spiro atoms. The fourth-order valence-electron chi connectivity index (χ4n) is 2.75. The Balaban J connectivity index is 3.07. The van der Waals surface area contributed by atoms with Crippen LogP contribution in [0.4, 0.5) is 48.3 Å². The quantitative estimate of drug-likeness (QED) is 0.143. The van der Waals surface area contributed by atoms with Crippen LogP contribution in [0.2, 0.25) is 0 Å². The van der Waals surface area contributed by atoms with Crippen LogP contribution >= 0.6 is 7.92 Å². The van der Waals surface area contributed by atoms with Crippen molar-refractivity contribution in [3.05, 3.63) is 29.1 Å². The summed E-state index contributed by atoms with van der Waals surface area (Å²) in [4.78, 5) is 0. The third-order valence-electron chi connectivity index (χ3n) is 4.30. The molecule has 0 heterocycles. The molecule has 0 aliphatic heterocycles. The van der Waals surface area contributed by atoms with Gasteiger partial charge < -0.3 is 0 Å². The van der Waals surface area contributed by atoms with Gasteiger partial charge in [-0.2, -0.15) is 0 Å². The lowest BCUT2D eigenvalue weighted by Crippen LogP contribution is -2.41. The maximum Gasteiger partial charge on any atom is 0.200 e. The van der Waals surface area contributed by atoms with E-state index < -0.39 is 98.8 Å². The van der Waals surface area contributed by atoms with E-state index in [1.54, 1.807) is 0 Å². The first kappa shape index (κ1) is 26.9. The van der Waals surface area contributed by atoms with Gasteiger partial charge in [-0.15, -0.1) is 0 Å². The molecule has 0 aromatic heterocycles. The van der Waals surface area contributed by atoms with Gasteiger partial charge in [-0.3, -0.25) is 4.39 Å². The number of benzene rings is 1. The Kier molecular flexibility index (Phi) is 10.8. The van der Waals surface area contributed by atoms with Crippen molar-refractivity contribution in [2.24, 2.45) is 0 Å². The molecule has 1 aromatic carbocycles. The number of hydrogen-bond acceptors (Lipinski definition) is 0. The van der Waals surface area contributed by atoms with E-state index in [2.05, 4.69) is 0 Å². The van der Waals surface area contributed by atoms with E-state index in [9.17, 15) is 48.3 Å². The van der Waals surface area contributed by atoms with Gasteiger partial charge in [0.25, 0.3) is 0 Å². The smallest absolute Gasteiger partial charge is 0.200 e. The van der Waals surface area contributed by atoms with Crippen molar-refractivity contribution in [3.63, 3.8) is 0 Å². The summed E-state index contributed by atoms with van der Waals surface area (Å²) in [7, 11) is -2.53. The molecule has 0 amide bonds. The monoisotopic (exact) mass is 476 g/mol. The van der Waals surface area contributed by atoms with Crippen molar-refractivity contribution in [2.45, 2.75) is 57.0 Å². The largest absolute Gasteiger partial charge is 0.251 e. The van der Waals surface area contributed by atoms with Crippen LogP contribution in [0.5, 0.6) is 0 Å². The zero-order valence-corrected chi connectivity index (χ0v) is 16.6. The van der Waals surface area contributed by atoms with Gasteiger partial charge in [0, 0.05) is 6.16 Å². The zero-order chi connectivity index (χ0) is 23.2. The van der Waals surface area contributed by atoms with E-state index in [4.69, 9.17) is 0 Å². The van der Waals surface area contributed by atoms with Gasteiger partial charge >= 0.3 is 0 Å². The highest BCUT2D eigenvalue weighted by atomic mass is 31.1. The van der Waals surface area contributed by atoms with E-state index in [0.29, 0.717) is 0 Å². The lowest BCUT2D eigenvalue weighted by Gasteiger charge is -2.26. The van der Waals surface area contributed by atoms with Crippen molar-refractivity contribution >= 4 is 13.2 Å². The fourth-order valence-corrected chi connectivity index (χ4v) is 5.26. The van der Waals surface area contributed by atoms with E-state index in [1.165, 1.54) is 6.92 Å². The van der Waals surface area contributed by atoms with E-state index in [0.717, 1.165) is 0 Å². The molecule has 0 saturated carbocycles. The zero-order valence-electron chi connectivity index (χ0n) is 15.7. The van der Waals surface area contributed by atoms with Gasteiger partial charge in [-0.25, -0.2) is 43.9 Å². The van der Waals surface area contributed by atoms with Crippen molar-refractivity contribution in [1.82, 2.24) is 0 Å². The second-order valence-corrected chi connectivity index (χ2v) is 8.90. The average molecular weight is 476 g/mol. The Bertz CT molecular complexity index is 658. The van der Waals surface area contributed by atoms with Crippen LogP contribution < -0.4 is 5.30 Å². The number of halogens is 11. The Morgan fingerprint density at radius 2 is 1.17 bits per heavy atom. The molecule has 0 N–H and O–H groups in total. The Labute approximate surface area is 167 Å². The minimum absolute atomic E-state index is 0.0788. The first-order valence-electron chi connectivity index (χ1n) is 9.02. The molecular formula is C18H20F11P. The van der Waals surface area contributed by atoms with Crippen LogP contribution in [0.3, 0.4) is 0 Å². The minimum atomic E-state index is -3.30. The minimum Gasteiger partial charge on any atom is -0.251 e. The summed E-state index contributed by atoms with van der Waals surface area (Å²) in [5, 5.41) is -1.32. The molecule has 6 atom stereocenters. The summed E-state index contributed by atoms with van der Waals surface area (Å²) >= 11 is 0. The highest BCUT2D eigenvalue weighted by Crippen LogP contribution is 2.41. The molecule has 6 unspecified atom stereocenters. The Hall–Kier alpha value is -1.12. The maximum atomic E-state index is 14.3. The molecule has 0 radical (unpaired) electrons. The third-order valence-corrected chi connectivity index (χ3v) is 7.11. The van der Waals surface area contributed by atoms with Crippen molar-refractivity contribution in [2.75, 3.05) is 19.0 Å². The lowest BCUT2D eigenvalue weighted by atomic mass is 10.0. The summed E-state index contributed by atoms with van der Waals surface area (Å²) in [5.41, 5.74) is 0. The van der Waals surface area contributed by atoms with Gasteiger partial charge in [0.15, 0.2) is 41.8 Å². The van der Waals surface area contributed by atoms with Crippen LogP contribution in [0.1, 0.15) is 26.2 Å². The van der Waals surface area contributed by atoms with E-state index >= 15 is 0 Å². The molecule has 1 aromatic rings. The van der Waals surface area contributed by atoms with Crippen molar-refractivity contribution < 1.29 is 48.3 Å². The third kappa shape index (κ3) is 6.20. The van der Waals surface area contributed by atoms with Gasteiger partial charge in [0.1, 0.15) is 12.3 Å². The Morgan fingerprint density at radius 1 is 0.700 bits per heavy atom. The summed E-state index contributed by atoms with van der Waals surface area (Å²) < 4.78 is 149.